The molecule has 0 radical (unpaired) electrons. The van der Waals surface area contributed by atoms with Gasteiger partial charge in [0, 0.05) is 17.1 Å². The molecule has 0 aliphatic rings. The van der Waals surface area contributed by atoms with Crippen molar-refractivity contribution < 1.29 is 4.74 Å². The van der Waals surface area contributed by atoms with E-state index >= 15 is 0 Å². The molecule has 4 aromatic rings. The van der Waals surface area contributed by atoms with Gasteiger partial charge in [0.15, 0.2) is 11.6 Å². The van der Waals surface area contributed by atoms with E-state index in [1.807, 2.05) is 36.0 Å². The van der Waals surface area contributed by atoms with Crippen molar-refractivity contribution in [2.45, 2.75) is 39.7 Å². The largest absolute Gasteiger partial charge is 0.356 e. The van der Waals surface area contributed by atoms with Gasteiger partial charge in [-0.3, -0.25) is 4.98 Å². The van der Waals surface area contributed by atoms with Gasteiger partial charge in [-0.15, -0.1) is 5.10 Å². The Morgan fingerprint density at radius 1 is 1.06 bits per heavy atom. The summed E-state index contributed by atoms with van der Waals surface area (Å²) in [5, 5.41) is 17.5. The second-order valence-electron chi connectivity index (χ2n) is 7.93. The first kappa shape index (κ1) is 21.1. The number of benzene rings is 1. The Morgan fingerprint density at radius 2 is 1.94 bits per heavy atom. The molecule has 7 nitrogen and oxygen atoms in total. The molecular weight excluding hydrogens is 404 g/mol. The summed E-state index contributed by atoms with van der Waals surface area (Å²) in [6.07, 6.45) is 1.82. The quantitative estimate of drug-likeness (QED) is 0.313. The number of fused-ring (bicyclic) bond motifs is 1. The summed E-state index contributed by atoms with van der Waals surface area (Å²) in [7, 11) is -0.298. The number of anilines is 2. The van der Waals surface area contributed by atoms with Crippen LogP contribution in [0.25, 0.3) is 22.2 Å². The summed E-state index contributed by atoms with van der Waals surface area (Å²) >= 11 is 0. The maximum Gasteiger partial charge on any atom is 0.310 e. The maximum atomic E-state index is 5.91. The van der Waals surface area contributed by atoms with E-state index in [0.717, 1.165) is 51.9 Å². The number of nitrogens with one attached hydrogen (secondary N) is 1. The van der Waals surface area contributed by atoms with Gasteiger partial charge in [-0.25, -0.2) is 4.68 Å². The van der Waals surface area contributed by atoms with Crippen molar-refractivity contribution in [2.75, 3.05) is 11.9 Å². The van der Waals surface area contributed by atoms with E-state index in [2.05, 4.69) is 64.8 Å². The number of pyridine rings is 1. The smallest absolute Gasteiger partial charge is 0.310 e. The van der Waals surface area contributed by atoms with E-state index in [1.54, 1.807) is 0 Å². The number of hydrogen-bond acceptors (Lipinski definition) is 6. The minimum atomic E-state index is -0.298. The average Bonchev–Trinajstić information content (AvgIpc) is 3.10. The number of aromatic nitrogens is 5. The zero-order valence-corrected chi connectivity index (χ0v) is 19.4. The first-order valence-electron chi connectivity index (χ1n) is 10.4. The predicted molar refractivity (Wildman–Crippen MR) is 126 cm³/mol. The SMILES string of the molecule is Cc1ccc(Nc2nn(COCC[Si+](C)C)c3ccc(-c4ncccc4C)cc23)nn1. The molecule has 0 amide bonds. The molecule has 0 spiro atoms. The van der Waals surface area contributed by atoms with Crippen LogP contribution in [0.3, 0.4) is 0 Å². The molecule has 0 aliphatic carbocycles. The number of nitrogens with zero attached hydrogens (tertiary/aromatic N) is 5. The van der Waals surface area contributed by atoms with Crippen LogP contribution in [0.1, 0.15) is 11.3 Å². The third-order valence-corrected chi connectivity index (χ3v) is 6.24. The Bertz CT molecular complexity index is 1170. The number of ether oxygens (including phenoxy) is 1. The van der Waals surface area contributed by atoms with Gasteiger partial charge in [-0.05, 0) is 49.7 Å². The minimum Gasteiger partial charge on any atom is -0.356 e. The monoisotopic (exact) mass is 431 g/mol. The van der Waals surface area contributed by atoms with Gasteiger partial charge >= 0.3 is 8.80 Å². The molecule has 1 aromatic carbocycles. The highest BCUT2D eigenvalue weighted by atomic mass is 28.3. The van der Waals surface area contributed by atoms with E-state index in [4.69, 9.17) is 9.84 Å². The van der Waals surface area contributed by atoms with Crippen LogP contribution in [0.5, 0.6) is 0 Å². The molecule has 4 rings (SSSR count). The average molecular weight is 432 g/mol. The number of rotatable bonds is 8. The summed E-state index contributed by atoms with van der Waals surface area (Å²) in [4.78, 5) is 4.57. The zero-order valence-electron chi connectivity index (χ0n) is 18.4. The predicted octanol–water partition coefficient (Wildman–Crippen LogP) is 4.98. The topological polar surface area (TPSA) is 77.8 Å². The van der Waals surface area contributed by atoms with Crippen LogP contribution < -0.4 is 5.32 Å². The minimum absolute atomic E-state index is 0.298. The van der Waals surface area contributed by atoms with Crippen molar-refractivity contribution in [3.63, 3.8) is 0 Å². The Hall–Kier alpha value is -3.10. The van der Waals surface area contributed by atoms with Crippen molar-refractivity contribution in [3.8, 4) is 11.3 Å². The van der Waals surface area contributed by atoms with Gasteiger partial charge < -0.3 is 10.1 Å². The Morgan fingerprint density at radius 3 is 2.68 bits per heavy atom. The van der Waals surface area contributed by atoms with E-state index in [0.29, 0.717) is 12.5 Å². The second-order valence-corrected chi connectivity index (χ2v) is 10.8. The van der Waals surface area contributed by atoms with E-state index in [1.165, 1.54) is 0 Å². The van der Waals surface area contributed by atoms with Crippen LogP contribution in [0.15, 0.2) is 48.7 Å². The Kier molecular flexibility index (Phi) is 6.38. The summed E-state index contributed by atoms with van der Waals surface area (Å²) in [5.74, 6) is 1.38. The summed E-state index contributed by atoms with van der Waals surface area (Å²) < 4.78 is 7.80. The fourth-order valence-corrected chi connectivity index (χ4v) is 3.87. The van der Waals surface area contributed by atoms with Crippen LogP contribution in [-0.2, 0) is 11.5 Å². The van der Waals surface area contributed by atoms with Crippen molar-refractivity contribution in [3.05, 3.63) is 59.9 Å². The molecule has 0 aliphatic heterocycles. The third-order valence-electron chi connectivity index (χ3n) is 5.04. The van der Waals surface area contributed by atoms with E-state index < -0.39 is 0 Å². The van der Waals surface area contributed by atoms with Gasteiger partial charge in [-0.2, -0.15) is 10.2 Å². The highest BCUT2D eigenvalue weighted by Gasteiger charge is 2.15. The Labute approximate surface area is 184 Å². The van der Waals surface area contributed by atoms with Crippen molar-refractivity contribution in [2.24, 2.45) is 0 Å². The highest BCUT2D eigenvalue weighted by Crippen LogP contribution is 2.30. The molecule has 0 saturated heterocycles. The summed E-state index contributed by atoms with van der Waals surface area (Å²) in [6, 6.07) is 15.3. The lowest BCUT2D eigenvalue weighted by molar-refractivity contribution is 0.0822. The van der Waals surface area contributed by atoms with Gasteiger partial charge in [0.05, 0.1) is 42.6 Å². The second kappa shape index (κ2) is 9.36. The van der Waals surface area contributed by atoms with Crippen molar-refractivity contribution >= 4 is 31.3 Å². The van der Waals surface area contributed by atoms with Gasteiger partial charge in [0.2, 0.25) is 0 Å². The third kappa shape index (κ3) is 4.97. The molecule has 3 heterocycles. The van der Waals surface area contributed by atoms with Crippen LogP contribution in [0.2, 0.25) is 19.1 Å². The van der Waals surface area contributed by atoms with E-state index in [9.17, 15) is 0 Å². The molecule has 1 N–H and O–H groups in total. The van der Waals surface area contributed by atoms with Gasteiger partial charge in [0.1, 0.15) is 6.73 Å². The van der Waals surface area contributed by atoms with Crippen molar-refractivity contribution in [1.82, 2.24) is 25.0 Å². The zero-order chi connectivity index (χ0) is 21.8. The highest BCUT2D eigenvalue weighted by molar-refractivity contribution is 6.55. The van der Waals surface area contributed by atoms with Crippen molar-refractivity contribution in [1.29, 1.82) is 0 Å². The lowest BCUT2D eigenvalue weighted by atomic mass is 10.0. The molecule has 31 heavy (non-hydrogen) atoms. The first-order chi connectivity index (χ1) is 15.0. The molecule has 3 aromatic heterocycles. The molecule has 0 saturated carbocycles. The lowest BCUT2D eigenvalue weighted by Gasteiger charge is -2.06. The first-order valence-corrected chi connectivity index (χ1v) is 13.1. The van der Waals surface area contributed by atoms with Crippen LogP contribution >= 0.6 is 0 Å². The van der Waals surface area contributed by atoms with Gasteiger partial charge in [-0.1, -0.05) is 12.1 Å². The van der Waals surface area contributed by atoms with Gasteiger partial charge in [0.25, 0.3) is 0 Å². The maximum absolute atomic E-state index is 5.91. The number of aryl methyl sites for hydroxylation is 2. The summed E-state index contributed by atoms with van der Waals surface area (Å²) in [6.45, 7) is 9.74. The van der Waals surface area contributed by atoms with Crippen LogP contribution in [0.4, 0.5) is 11.6 Å². The standard InChI is InChI=1S/C23H27N6OSi/c1-16-6-5-11-24-22(16)18-8-9-20-19(14-18)23(25-21-10-7-17(2)26-27-21)28-29(20)15-30-12-13-31(3)4/h5-11,14H,12-13,15H2,1-4H3,(H,25,27,28)/q+1. The molecular formula is C23H27N6OSi+. The molecule has 8 heteroatoms. The van der Waals surface area contributed by atoms with Crippen LogP contribution in [0, 0.1) is 13.8 Å². The number of hydrogen-bond donors (Lipinski definition) is 1. The molecule has 0 unspecified atom stereocenters. The molecule has 0 bridgehead atoms. The molecule has 0 fully saturated rings. The molecule has 0 atom stereocenters. The molecule has 158 valence electrons. The lowest BCUT2D eigenvalue weighted by Crippen LogP contribution is -2.09. The van der Waals surface area contributed by atoms with E-state index in [-0.39, 0.29) is 8.80 Å². The normalized spacial score (nSPS) is 11.1. The van der Waals surface area contributed by atoms with Crippen LogP contribution in [-0.4, -0.2) is 40.4 Å². The fraction of sp³-hybridized carbons (Fsp3) is 0.304. The fourth-order valence-electron chi connectivity index (χ4n) is 3.32. The Balaban J connectivity index is 1.70. The summed E-state index contributed by atoms with van der Waals surface area (Å²) in [5.41, 5.74) is 5.02.